The highest BCUT2D eigenvalue weighted by Crippen LogP contribution is 2.38. The molecule has 76 valence electrons. The Labute approximate surface area is 84.2 Å². The fourth-order valence-corrected chi connectivity index (χ4v) is 1.73. The molecular formula is C12H16O2. The number of benzene rings is 1. The van der Waals surface area contributed by atoms with Crippen molar-refractivity contribution in [3.8, 4) is 0 Å². The molecule has 1 fully saturated rings. The maximum Gasteiger partial charge on any atom is 0.0690 e. The topological polar surface area (TPSA) is 40.5 Å². The Hall–Kier alpha value is -0.860. The molecule has 1 saturated carbocycles. The molecule has 1 aliphatic rings. The van der Waals surface area contributed by atoms with Gasteiger partial charge in [-0.05, 0) is 30.4 Å². The van der Waals surface area contributed by atoms with E-state index in [0.717, 1.165) is 24.8 Å². The van der Waals surface area contributed by atoms with E-state index in [0.29, 0.717) is 6.42 Å². The number of aliphatic hydroxyl groups is 2. The summed E-state index contributed by atoms with van der Waals surface area (Å²) < 4.78 is 0. The smallest absolute Gasteiger partial charge is 0.0690 e. The lowest BCUT2D eigenvalue weighted by atomic mass is 10.0. The zero-order chi connectivity index (χ0) is 10.0. The highest BCUT2D eigenvalue weighted by molar-refractivity contribution is 5.26. The van der Waals surface area contributed by atoms with Crippen molar-refractivity contribution in [2.45, 2.75) is 31.3 Å². The molecule has 0 unspecified atom stereocenters. The van der Waals surface area contributed by atoms with Crippen molar-refractivity contribution in [3.05, 3.63) is 35.4 Å². The van der Waals surface area contributed by atoms with E-state index in [2.05, 4.69) is 6.07 Å². The van der Waals surface area contributed by atoms with Crippen LogP contribution in [0.3, 0.4) is 0 Å². The van der Waals surface area contributed by atoms with Crippen LogP contribution in [0.2, 0.25) is 0 Å². The van der Waals surface area contributed by atoms with Crippen LogP contribution in [0.5, 0.6) is 0 Å². The Kier molecular flexibility index (Phi) is 2.57. The molecule has 14 heavy (non-hydrogen) atoms. The van der Waals surface area contributed by atoms with Gasteiger partial charge in [-0.25, -0.2) is 0 Å². The first-order chi connectivity index (χ1) is 6.72. The van der Waals surface area contributed by atoms with E-state index < -0.39 is 5.60 Å². The highest BCUT2D eigenvalue weighted by Gasteiger charge is 2.39. The first kappa shape index (κ1) is 9.69. The first-order valence-corrected chi connectivity index (χ1v) is 5.13. The minimum Gasteiger partial charge on any atom is -0.396 e. The van der Waals surface area contributed by atoms with Crippen molar-refractivity contribution in [3.63, 3.8) is 0 Å². The van der Waals surface area contributed by atoms with Crippen molar-refractivity contribution >= 4 is 0 Å². The number of aliphatic hydroxyl groups excluding tert-OH is 1. The zero-order valence-corrected chi connectivity index (χ0v) is 8.24. The first-order valence-electron chi connectivity index (χ1n) is 5.13. The molecule has 1 aromatic rings. The van der Waals surface area contributed by atoms with Gasteiger partial charge in [-0.15, -0.1) is 0 Å². The minimum absolute atomic E-state index is 0.188. The molecule has 2 rings (SSSR count). The summed E-state index contributed by atoms with van der Waals surface area (Å²) in [5, 5.41) is 18.6. The van der Waals surface area contributed by atoms with E-state index in [4.69, 9.17) is 5.11 Å². The lowest BCUT2D eigenvalue weighted by Crippen LogP contribution is -2.10. The van der Waals surface area contributed by atoms with E-state index in [1.54, 1.807) is 0 Å². The standard InChI is InChI=1S/C12H16O2/c13-7-4-10-2-1-3-11(8-10)9-12(14)5-6-12/h1-3,8,13-14H,4-7,9H2. The number of hydrogen-bond donors (Lipinski definition) is 2. The lowest BCUT2D eigenvalue weighted by Gasteiger charge is -2.08. The van der Waals surface area contributed by atoms with Gasteiger partial charge in [0.1, 0.15) is 0 Å². The second-order valence-corrected chi connectivity index (χ2v) is 4.19. The maximum absolute atomic E-state index is 9.75. The SMILES string of the molecule is OCCc1cccc(CC2(O)CC2)c1. The van der Waals surface area contributed by atoms with Crippen LogP contribution in [0, 0.1) is 0 Å². The maximum atomic E-state index is 9.75. The average Bonchev–Trinajstić information content (AvgIpc) is 2.84. The molecular weight excluding hydrogens is 176 g/mol. The Morgan fingerprint density at radius 3 is 2.57 bits per heavy atom. The van der Waals surface area contributed by atoms with Crippen LogP contribution in [0.1, 0.15) is 24.0 Å². The van der Waals surface area contributed by atoms with Gasteiger partial charge in [0, 0.05) is 13.0 Å². The number of rotatable bonds is 4. The van der Waals surface area contributed by atoms with Crippen LogP contribution in [0.25, 0.3) is 0 Å². The Bertz CT molecular complexity index is 316. The van der Waals surface area contributed by atoms with Crippen LogP contribution in [-0.2, 0) is 12.8 Å². The van der Waals surface area contributed by atoms with Gasteiger partial charge in [-0.2, -0.15) is 0 Å². The van der Waals surface area contributed by atoms with E-state index in [-0.39, 0.29) is 6.61 Å². The largest absolute Gasteiger partial charge is 0.396 e. The molecule has 1 aromatic carbocycles. The molecule has 0 bridgehead atoms. The second-order valence-electron chi connectivity index (χ2n) is 4.19. The predicted octanol–water partition coefficient (Wildman–Crippen LogP) is 1.29. The van der Waals surface area contributed by atoms with E-state index in [1.807, 2.05) is 18.2 Å². The summed E-state index contributed by atoms with van der Waals surface area (Å²) in [6.45, 7) is 0.188. The van der Waals surface area contributed by atoms with Gasteiger partial charge in [-0.1, -0.05) is 24.3 Å². The molecule has 0 heterocycles. The predicted molar refractivity (Wildman–Crippen MR) is 55.1 cm³/mol. The van der Waals surface area contributed by atoms with Gasteiger partial charge >= 0.3 is 0 Å². The Morgan fingerprint density at radius 2 is 1.93 bits per heavy atom. The summed E-state index contributed by atoms with van der Waals surface area (Å²) in [6, 6.07) is 8.12. The second kappa shape index (κ2) is 3.71. The number of hydrogen-bond acceptors (Lipinski definition) is 2. The van der Waals surface area contributed by atoms with Crippen LogP contribution < -0.4 is 0 Å². The molecule has 1 aliphatic carbocycles. The Balaban J connectivity index is 2.06. The summed E-state index contributed by atoms with van der Waals surface area (Å²) in [4.78, 5) is 0. The van der Waals surface area contributed by atoms with Crippen LogP contribution in [-0.4, -0.2) is 22.4 Å². The molecule has 2 heteroatoms. The van der Waals surface area contributed by atoms with E-state index in [1.165, 1.54) is 5.56 Å². The molecule has 2 N–H and O–H groups in total. The Morgan fingerprint density at radius 1 is 1.21 bits per heavy atom. The van der Waals surface area contributed by atoms with Crippen molar-refractivity contribution in [2.24, 2.45) is 0 Å². The quantitative estimate of drug-likeness (QED) is 0.754. The van der Waals surface area contributed by atoms with Gasteiger partial charge in [0.2, 0.25) is 0 Å². The lowest BCUT2D eigenvalue weighted by molar-refractivity contribution is 0.151. The van der Waals surface area contributed by atoms with E-state index >= 15 is 0 Å². The van der Waals surface area contributed by atoms with Crippen molar-refractivity contribution in [2.75, 3.05) is 6.61 Å². The monoisotopic (exact) mass is 192 g/mol. The molecule has 0 saturated heterocycles. The molecule has 0 spiro atoms. The summed E-state index contributed by atoms with van der Waals surface area (Å²) >= 11 is 0. The summed E-state index contributed by atoms with van der Waals surface area (Å²) in [5.41, 5.74) is 1.91. The molecule has 0 amide bonds. The average molecular weight is 192 g/mol. The fourth-order valence-electron chi connectivity index (χ4n) is 1.73. The van der Waals surface area contributed by atoms with Crippen molar-refractivity contribution in [1.29, 1.82) is 0 Å². The van der Waals surface area contributed by atoms with Crippen molar-refractivity contribution < 1.29 is 10.2 Å². The van der Waals surface area contributed by atoms with Gasteiger partial charge in [0.05, 0.1) is 5.60 Å². The third kappa shape index (κ3) is 2.34. The molecule has 0 aliphatic heterocycles. The van der Waals surface area contributed by atoms with Gasteiger partial charge in [0.25, 0.3) is 0 Å². The van der Waals surface area contributed by atoms with Gasteiger partial charge in [0.15, 0.2) is 0 Å². The van der Waals surface area contributed by atoms with Gasteiger partial charge < -0.3 is 10.2 Å². The normalized spacial score (nSPS) is 18.1. The van der Waals surface area contributed by atoms with Crippen LogP contribution in [0.15, 0.2) is 24.3 Å². The minimum atomic E-state index is -0.419. The third-order valence-corrected chi connectivity index (χ3v) is 2.75. The zero-order valence-electron chi connectivity index (χ0n) is 8.24. The highest BCUT2D eigenvalue weighted by atomic mass is 16.3. The van der Waals surface area contributed by atoms with Crippen LogP contribution in [0.4, 0.5) is 0 Å². The van der Waals surface area contributed by atoms with Crippen molar-refractivity contribution in [1.82, 2.24) is 0 Å². The molecule has 0 aromatic heterocycles. The van der Waals surface area contributed by atoms with Gasteiger partial charge in [-0.3, -0.25) is 0 Å². The molecule has 2 nitrogen and oxygen atoms in total. The summed E-state index contributed by atoms with van der Waals surface area (Å²) in [7, 11) is 0. The van der Waals surface area contributed by atoms with E-state index in [9.17, 15) is 5.11 Å². The summed E-state index contributed by atoms with van der Waals surface area (Å²) in [6.07, 6.45) is 3.31. The molecule has 0 radical (unpaired) electrons. The molecule has 0 atom stereocenters. The third-order valence-electron chi connectivity index (χ3n) is 2.75. The summed E-state index contributed by atoms with van der Waals surface area (Å²) in [5.74, 6) is 0. The fraction of sp³-hybridized carbons (Fsp3) is 0.500. The van der Waals surface area contributed by atoms with Crippen LogP contribution >= 0.6 is 0 Å².